The summed E-state index contributed by atoms with van der Waals surface area (Å²) in [5.74, 6) is -0.721. The highest BCUT2D eigenvalue weighted by molar-refractivity contribution is 8.00. The number of amides is 3. The van der Waals surface area contributed by atoms with E-state index in [4.69, 9.17) is 0 Å². The van der Waals surface area contributed by atoms with E-state index in [1.165, 1.54) is 31.1 Å². The van der Waals surface area contributed by atoms with E-state index in [0.717, 1.165) is 12.1 Å². The van der Waals surface area contributed by atoms with Crippen molar-refractivity contribution in [3.63, 3.8) is 0 Å². The normalized spacial score (nSPS) is 16.3. The number of alkyl halides is 3. The molecule has 1 aromatic heterocycles. The van der Waals surface area contributed by atoms with Crippen LogP contribution in [0.1, 0.15) is 19.4 Å². The Morgan fingerprint density at radius 2 is 1.80 bits per heavy atom. The first-order chi connectivity index (χ1) is 13.9. The number of anilines is 1. The predicted octanol–water partition coefficient (Wildman–Crippen LogP) is 4.35. The maximum absolute atomic E-state index is 13.0. The highest BCUT2D eigenvalue weighted by Gasteiger charge is 2.53. The summed E-state index contributed by atoms with van der Waals surface area (Å²) in [7, 11) is 0. The van der Waals surface area contributed by atoms with Crippen molar-refractivity contribution in [2.24, 2.45) is 0 Å². The van der Waals surface area contributed by atoms with Crippen molar-refractivity contribution >= 4 is 35.1 Å². The van der Waals surface area contributed by atoms with Crippen LogP contribution in [0.15, 0.2) is 47.6 Å². The van der Waals surface area contributed by atoms with Crippen molar-refractivity contribution in [1.29, 1.82) is 0 Å². The number of hydrogen-bond acceptors (Lipinski definition) is 6. The number of benzene rings is 1. The lowest BCUT2D eigenvalue weighted by Crippen LogP contribution is -2.43. The zero-order valence-electron chi connectivity index (χ0n) is 15.7. The maximum atomic E-state index is 13.0. The summed E-state index contributed by atoms with van der Waals surface area (Å²) in [4.78, 5) is 41.9. The molecule has 0 N–H and O–H groups in total. The van der Waals surface area contributed by atoms with Crippen molar-refractivity contribution in [3.8, 4) is 0 Å². The molecule has 0 atom stereocenters. The van der Waals surface area contributed by atoms with E-state index in [2.05, 4.69) is 4.98 Å². The summed E-state index contributed by atoms with van der Waals surface area (Å²) in [6, 6.07) is 5.17. The molecule has 1 aliphatic heterocycles. The Bertz CT molecular complexity index is 1010. The molecule has 2 aromatic rings. The van der Waals surface area contributed by atoms with Crippen LogP contribution in [0.25, 0.3) is 0 Å². The Morgan fingerprint density at radius 1 is 1.17 bits per heavy atom. The van der Waals surface area contributed by atoms with E-state index in [0.29, 0.717) is 16.5 Å². The number of nitro groups is 1. The first-order valence-electron chi connectivity index (χ1n) is 8.51. The zero-order chi connectivity index (χ0) is 22.3. The molecule has 0 spiro atoms. The third-order valence-corrected chi connectivity index (χ3v) is 5.25. The summed E-state index contributed by atoms with van der Waals surface area (Å²) in [5.41, 5.74) is -6.43. The molecule has 3 rings (SSSR count). The zero-order valence-corrected chi connectivity index (χ0v) is 16.5. The van der Waals surface area contributed by atoms with E-state index in [9.17, 15) is 32.9 Å². The van der Waals surface area contributed by atoms with Gasteiger partial charge in [-0.2, -0.15) is 13.2 Å². The summed E-state index contributed by atoms with van der Waals surface area (Å²) < 4.78 is 37.9. The number of nitrogens with zero attached hydrogens (tertiary/aromatic N) is 4. The Kier molecular flexibility index (Phi) is 5.46. The fourth-order valence-electron chi connectivity index (χ4n) is 3.02. The van der Waals surface area contributed by atoms with Gasteiger partial charge in [-0.15, -0.1) is 0 Å². The van der Waals surface area contributed by atoms with Crippen molar-refractivity contribution in [2.45, 2.75) is 36.3 Å². The van der Waals surface area contributed by atoms with E-state index < -0.39 is 50.3 Å². The number of nitro benzene ring substituents is 1. The van der Waals surface area contributed by atoms with Gasteiger partial charge >= 0.3 is 11.5 Å². The van der Waals surface area contributed by atoms with Gasteiger partial charge in [0, 0.05) is 29.9 Å². The number of carbonyl (C=O) groups excluding carboxylic acids is 2. The van der Waals surface area contributed by atoms with E-state index >= 15 is 0 Å². The molecular weight excluding hydrogens is 425 g/mol. The molecule has 158 valence electrons. The number of aromatic nitrogens is 1. The van der Waals surface area contributed by atoms with Crippen LogP contribution in [0, 0.1) is 10.1 Å². The fourth-order valence-corrected chi connectivity index (χ4v) is 3.59. The largest absolute Gasteiger partial charge is 0.446 e. The van der Waals surface area contributed by atoms with E-state index in [1.54, 1.807) is 12.1 Å². The first-order valence-corrected chi connectivity index (χ1v) is 9.32. The standard InChI is InChI=1S/C18H15F3N4O4S/c1-17(2)15(26)24(16(27)23(17)10-11-5-7-22-8-6-11)13-4-3-12(30-18(19,20)21)9-14(13)25(28)29/h3-9H,10H2,1-2H3. The molecule has 12 heteroatoms. The molecular formula is C18H15F3N4O4S. The second kappa shape index (κ2) is 7.59. The van der Waals surface area contributed by atoms with Crippen LogP contribution in [-0.4, -0.2) is 37.8 Å². The van der Waals surface area contributed by atoms with Crippen LogP contribution in [0.4, 0.5) is 29.3 Å². The van der Waals surface area contributed by atoms with Gasteiger partial charge in [0.2, 0.25) is 0 Å². The van der Waals surface area contributed by atoms with Crippen LogP contribution >= 0.6 is 11.8 Å². The lowest BCUT2D eigenvalue weighted by Gasteiger charge is -2.27. The third-order valence-electron chi connectivity index (χ3n) is 4.53. The van der Waals surface area contributed by atoms with Crippen LogP contribution < -0.4 is 4.90 Å². The Morgan fingerprint density at radius 3 is 2.37 bits per heavy atom. The van der Waals surface area contributed by atoms with E-state index in [1.807, 2.05) is 0 Å². The molecule has 0 aliphatic carbocycles. The summed E-state index contributed by atoms with van der Waals surface area (Å²) in [6.45, 7) is 3.04. The molecule has 30 heavy (non-hydrogen) atoms. The summed E-state index contributed by atoms with van der Waals surface area (Å²) in [5, 5.41) is 11.5. The van der Waals surface area contributed by atoms with Crippen molar-refractivity contribution < 1.29 is 27.7 Å². The molecule has 0 bridgehead atoms. The van der Waals surface area contributed by atoms with Crippen LogP contribution in [0.5, 0.6) is 0 Å². The van der Waals surface area contributed by atoms with Gasteiger partial charge < -0.3 is 4.90 Å². The van der Waals surface area contributed by atoms with Gasteiger partial charge in [-0.3, -0.25) is 19.9 Å². The molecule has 1 aliphatic rings. The SMILES string of the molecule is CC1(C)C(=O)N(c2ccc(SC(F)(F)F)cc2[N+](=O)[O-])C(=O)N1Cc1ccncc1. The third kappa shape index (κ3) is 4.08. The number of imide groups is 1. The number of thioether (sulfide) groups is 1. The molecule has 1 fully saturated rings. The number of halogens is 3. The van der Waals surface area contributed by atoms with Crippen molar-refractivity contribution in [1.82, 2.24) is 9.88 Å². The maximum Gasteiger partial charge on any atom is 0.446 e. The lowest BCUT2D eigenvalue weighted by molar-refractivity contribution is -0.384. The number of pyridine rings is 1. The van der Waals surface area contributed by atoms with Gasteiger partial charge in [0.05, 0.1) is 4.92 Å². The Labute approximate surface area is 172 Å². The van der Waals surface area contributed by atoms with Crippen molar-refractivity contribution in [3.05, 3.63) is 58.4 Å². The summed E-state index contributed by atoms with van der Waals surface area (Å²) in [6.07, 6.45) is 3.04. The molecule has 1 aromatic carbocycles. The molecule has 2 heterocycles. The van der Waals surface area contributed by atoms with Crippen LogP contribution in [-0.2, 0) is 11.3 Å². The average Bonchev–Trinajstić information content (AvgIpc) is 2.81. The quantitative estimate of drug-likeness (QED) is 0.297. The number of carbonyl (C=O) groups is 2. The average molecular weight is 440 g/mol. The molecule has 0 unspecified atom stereocenters. The Hall–Kier alpha value is -3.15. The number of hydrogen-bond donors (Lipinski definition) is 0. The monoisotopic (exact) mass is 440 g/mol. The minimum atomic E-state index is -4.64. The minimum Gasteiger partial charge on any atom is -0.305 e. The highest BCUT2D eigenvalue weighted by Crippen LogP contribution is 2.42. The first kappa shape index (κ1) is 21.6. The van der Waals surface area contributed by atoms with Crippen molar-refractivity contribution in [2.75, 3.05) is 4.90 Å². The van der Waals surface area contributed by atoms with Gasteiger partial charge in [0.15, 0.2) is 0 Å². The minimum absolute atomic E-state index is 0.0480. The molecule has 3 amide bonds. The lowest BCUT2D eigenvalue weighted by atomic mass is 10.0. The number of urea groups is 1. The smallest absolute Gasteiger partial charge is 0.305 e. The topological polar surface area (TPSA) is 96.7 Å². The van der Waals surface area contributed by atoms with E-state index in [-0.39, 0.29) is 12.2 Å². The van der Waals surface area contributed by atoms with Gasteiger partial charge in [0.25, 0.3) is 11.6 Å². The van der Waals surface area contributed by atoms with Gasteiger partial charge in [0.1, 0.15) is 11.2 Å². The van der Waals surface area contributed by atoms with Gasteiger partial charge in [-0.05, 0) is 55.4 Å². The molecule has 8 nitrogen and oxygen atoms in total. The molecule has 0 radical (unpaired) electrons. The Balaban J connectivity index is 2.01. The van der Waals surface area contributed by atoms with Crippen LogP contribution in [0.3, 0.4) is 0 Å². The molecule has 0 saturated carbocycles. The van der Waals surface area contributed by atoms with Gasteiger partial charge in [-0.1, -0.05) is 0 Å². The predicted molar refractivity (Wildman–Crippen MR) is 102 cm³/mol. The fraction of sp³-hybridized carbons (Fsp3) is 0.278. The highest BCUT2D eigenvalue weighted by atomic mass is 32.2. The molecule has 1 saturated heterocycles. The number of rotatable bonds is 5. The van der Waals surface area contributed by atoms with Gasteiger partial charge in [-0.25, -0.2) is 9.69 Å². The van der Waals surface area contributed by atoms with Crippen LogP contribution in [0.2, 0.25) is 0 Å². The second-order valence-corrected chi connectivity index (χ2v) is 8.02. The summed E-state index contributed by atoms with van der Waals surface area (Å²) >= 11 is -0.522. The second-order valence-electron chi connectivity index (χ2n) is 6.88.